The van der Waals surface area contributed by atoms with Crippen LogP contribution in [0.15, 0.2) is 51.8 Å². The number of hydrogen-bond donors (Lipinski definition) is 15. The van der Waals surface area contributed by atoms with Gasteiger partial charge in [0.05, 0.1) is 37.4 Å². The first kappa shape index (κ1) is 71.4. The van der Waals surface area contributed by atoms with Gasteiger partial charge in [0.25, 0.3) is 0 Å². The van der Waals surface area contributed by atoms with Crippen LogP contribution in [0.1, 0.15) is 106 Å². The predicted octanol–water partition coefficient (Wildman–Crippen LogP) is -4.54. The molecule has 1 saturated carbocycles. The number of nitrogens with two attached hydrogens (primary N) is 6. The van der Waals surface area contributed by atoms with Crippen LogP contribution in [0.3, 0.4) is 0 Å². The molecular formula is C60H92N18O13S. The Labute approximate surface area is 538 Å². The minimum absolute atomic E-state index is 0.0354. The first-order valence-corrected chi connectivity index (χ1v) is 32.5. The Kier molecular flexibility index (Phi) is 26.4. The SMILES string of the molecule is CC(N)NCCC[C@@H](N)C(=O)N[C@@H](CCCN=C(N)N)C(=O)N1CCC[C@H]1C(=O)N1C[C@H](O)C[C@H]1C(=O)NCC(=O)N[C@@H](Cc1cccs1)C(=O)N[C@@H](CO)C(=O)N1Cc2ccccc2C[C@@H]1C(=O)N1C[C@H](C(=O)N[C@@H](CCCN=C(N)N)C(=O)O)[C@@H]2CCCC[C@@H]21. The summed E-state index contributed by atoms with van der Waals surface area (Å²) in [5.74, 6) is -8.65. The molecule has 506 valence electrons. The number of rotatable bonds is 31. The van der Waals surface area contributed by atoms with Crippen molar-refractivity contribution < 1.29 is 63.3 Å². The highest BCUT2D eigenvalue weighted by Gasteiger charge is 2.52. The average molecular weight is 1310 g/mol. The highest BCUT2D eigenvalue weighted by Crippen LogP contribution is 2.42. The van der Waals surface area contributed by atoms with Crippen LogP contribution in [-0.4, -0.2) is 225 Å². The molecule has 4 aliphatic heterocycles. The highest BCUT2D eigenvalue weighted by molar-refractivity contribution is 7.09. The zero-order valence-corrected chi connectivity index (χ0v) is 52.8. The van der Waals surface area contributed by atoms with Gasteiger partial charge in [0, 0.05) is 69.4 Å². The normalized spacial score (nSPS) is 22.9. The Hall–Kier alpha value is -8.04. The number of carboxylic acid groups (broad SMARTS) is 1. The molecule has 7 rings (SSSR count). The molecule has 5 aliphatic rings. The van der Waals surface area contributed by atoms with Crippen molar-refractivity contribution in [3.05, 3.63) is 57.8 Å². The number of aliphatic imine (C=N–C) groups is 2. The number of likely N-dealkylation sites (tertiary alicyclic amines) is 3. The van der Waals surface area contributed by atoms with Crippen LogP contribution in [0, 0.1) is 11.8 Å². The molecule has 21 N–H and O–H groups in total. The van der Waals surface area contributed by atoms with E-state index in [-0.39, 0.29) is 121 Å². The van der Waals surface area contributed by atoms with E-state index in [1.54, 1.807) is 41.5 Å². The average Bonchev–Trinajstić information content (AvgIpc) is 1.51. The fourth-order valence-corrected chi connectivity index (χ4v) is 13.8. The van der Waals surface area contributed by atoms with Gasteiger partial charge in [-0.15, -0.1) is 11.3 Å². The van der Waals surface area contributed by atoms with Gasteiger partial charge in [0.15, 0.2) is 11.9 Å². The lowest BCUT2D eigenvalue weighted by atomic mass is 9.79. The first-order chi connectivity index (χ1) is 43.9. The number of benzene rings is 1. The fourth-order valence-electron chi connectivity index (χ4n) is 13.1. The van der Waals surface area contributed by atoms with E-state index in [0.717, 1.165) is 24.0 Å². The molecule has 1 unspecified atom stereocenters. The second-order valence-electron chi connectivity index (χ2n) is 24.4. The number of aliphatic carboxylic acids is 1. The van der Waals surface area contributed by atoms with Crippen molar-refractivity contribution in [2.24, 2.45) is 56.2 Å². The summed E-state index contributed by atoms with van der Waals surface area (Å²) >= 11 is 1.28. The number of carboxylic acids is 1. The molecule has 0 spiro atoms. The number of β-amino-alcohol motifs (C(OH)–C–C–N with tert-alkyl or cyclic N) is 1. The van der Waals surface area contributed by atoms with Crippen LogP contribution in [0.25, 0.3) is 0 Å². The van der Waals surface area contributed by atoms with E-state index >= 15 is 4.79 Å². The maximum atomic E-state index is 15.1. The Morgan fingerprint density at radius 1 is 0.674 bits per heavy atom. The quantitative estimate of drug-likeness (QED) is 0.0146. The van der Waals surface area contributed by atoms with Crippen LogP contribution in [0.2, 0.25) is 0 Å². The molecule has 31 nitrogen and oxygen atoms in total. The Morgan fingerprint density at radius 3 is 2.00 bits per heavy atom. The van der Waals surface area contributed by atoms with Gasteiger partial charge in [-0.3, -0.25) is 53.1 Å². The molecule has 3 saturated heterocycles. The molecule has 0 bridgehead atoms. The number of carbonyl (C=O) groups is 10. The van der Waals surface area contributed by atoms with Crippen molar-refractivity contribution in [3.63, 3.8) is 0 Å². The van der Waals surface area contributed by atoms with Gasteiger partial charge >= 0.3 is 5.97 Å². The molecule has 5 heterocycles. The van der Waals surface area contributed by atoms with Gasteiger partial charge in [0.2, 0.25) is 53.2 Å². The van der Waals surface area contributed by atoms with Crippen molar-refractivity contribution in [1.82, 2.24) is 51.5 Å². The number of guanidine groups is 2. The summed E-state index contributed by atoms with van der Waals surface area (Å²) in [7, 11) is 0. The third-order valence-corrected chi connectivity index (χ3v) is 18.6. The molecule has 0 radical (unpaired) electrons. The zero-order chi connectivity index (χ0) is 66.8. The highest BCUT2D eigenvalue weighted by atomic mass is 32.1. The van der Waals surface area contributed by atoms with Gasteiger partial charge < -0.3 is 101 Å². The van der Waals surface area contributed by atoms with Crippen molar-refractivity contribution >= 4 is 82.4 Å². The number of amides is 9. The molecule has 32 heteroatoms. The topological polar surface area (TPSA) is 497 Å². The monoisotopic (exact) mass is 1300 g/mol. The number of nitrogens with one attached hydrogen (secondary N) is 6. The van der Waals surface area contributed by atoms with E-state index in [9.17, 15) is 58.5 Å². The Bertz CT molecular complexity index is 2980. The number of hydrogen-bond acceptors (Lipinski definition) is 18. The number of aliphatic hydroxyl groups excluding tert-OH is 2. The summed E-state index contributed by atoms with van der Waals surface area (Å²) < 4.78 is 0. The summed E-state index contributed by atoms with van der Waals surface area (Å²) in [6, 6.07) is 0.476. The van der Waals surface area contributed by atoms with Crippen LogP contribution in [0.4, 0.5) is 0 Å². The minimum atomic E-state index is -1.63. The van der Waals surface area contributed by atoms with E-state index in [1.165, 1.54) is 26.0 Å². The van der Waals surface area contributed by atoms with Gasteiger partial charge in [-0.05, 0) is 106 Å². The molecule has 2 aromatic rings. The van der Waals surface area contributed by atoms with Gasteiger partial charge in [0.1, 0.15) is 42.3 Å². The maximum Gasteiger partial charge on any atom is 0.326 e. The Morgan fingerprint density at radius 2 is 1.34 bits per heavy atom. The maximum absolute atomic E-state index is 15.1. The third-order valence-electron chi connectivity index (χ3n) is 17.7. The number of fused-ring (bicyclic) bond motifs is 2. The predicted molar refractivity (Wildman–Crippen MR) is 338 cm³/mol. The minimum Gasteiger partial charge on any atom is -0.480 e. The summed E-state index contributed by atoms with van der Waals surface area (Å²) in [5.41, 5.74) is 35.4. The molecular weight excluding hydrogens is 1210 g/mol. The van der Waals surface area contributed by atoms with E-state index in [1.807, 2.05) is 12.1 Å². The lowest BCUT2D eigenvalue weighted by molar-refractivity contribution is -0.150. The van der Waals surface area contributed by atoms with Crippen molar-refractivity contribution in [3.8, 4) is 0 Å². The zero-order valence-electron chi connectivity index (χ0n) is 52.0. The fraction of sp³-hybridized carbons (Fsp3) is 0.633. The second kappa shape index (κ2) is 34.0. The third kappa shape index (κ3) is 19.3. The van der Waals surface area contributed by atoms with E-state index < -0.39 is 139 Å². The molecule has 1 aromatic carbocycles. The number of thiophene rings is 1. The van der Waals surface area contributed by atoms with Crippen molar-refractivity contribution in [2.45, 2.75) is 176 Å². The molecule has 9 amide bonds. The van der Waals surface area contributed by atoms with Crippen molar-refractivity contribution in [1.29, 1.82) is 0 Å². The molecule has 1 aromatic heterocycles. The van der Waals surface area contributed by atoms with Crippen LogP contribution in [0.5, 0.6) is 0 Å². The lowest BCUT2D eigenvalue weighted by Crippen LogP contribution is -2.61. The van der Waals surface area contributed by atoms with Crippen LogP contribution in [-0.2, 0) is 67.3 Å². The molecule has 92 heavy (non-hydrogen) atoms. The molecule has 4 fully saturated rings. The Balaban J connectivity index is 1.00. The summed E-state index contributed by atoms with van der Waals surface area (Å²) in [6.07, 6.45) is 3.26. The van der Waals surface area contributed by atoms with Gasteiger partial charge in [-0.1, -0.05) is 43.2 Å². The number of carbonyl (C=O) groups excluding carboxylic acids is 9. The van der Waals surface area contributed by atoms with Crippen molar-refractivity contribution in [2.75, 3.05) is 52.4 Å². The summed E-state index contributed by atoms with van der Waals surface area (Å²) in [6.45, 7) is 0.744. The van der Waals surface area contributed by atoms with E-state index in [4.69, 9.17) is 34.4 Å². The molecule has 13 atom stereocenters. The number of aliphatic hydroxyl groups is 2. The standard InChI is InChI=1S/C60H92N18O13S/c1-33(61)67-20-6-15-40(62)51(83)72-41(16-7-21-68-59(63)64)54(86)75-23-9-19-46(75)56(88)77-30-36(80)26-47(77)53(85)70-28-49(81)71-43(27-37-13-10-24-92-37)52(84)74-44(32-79)55(87)76-29-35-12-3-2-11-34(35)25-48(76)57(89)78-31-39(38-14-4-5-18-45(38)78)50(82)73-42(58(90)91)17-8-22-69-60(65)66/h2-3,10-13,24,33,36,38-48,67,79-80H,4-9,14-23,25-32,61-62H2,1H3,(H,70,85)(H,71,81)(H,72,83)(H,73,82)(H,74,84)(H,90,91)(H4,63,64,68)(H4,65,66,69)/t33?,36-,38+,39+,40-,41+,42+,43+,44+,45+,46+,47+,48-/m1/s1. The van der Waals surface area contributed by atoms with Gasteiger partial charge in [-0.2, -0.15) is 0 Å². The second-order valence-corrected chi connectivity index (χ2v) is 25.4. The number of nitrogens with zero attached hydrogens (tertiary/aromatic N) is 6. The largest absolute Gasteiger partial charge is 0.480 e. The smallest absolute Gasteiger partial charge is 0.326 e. The summed E-state index contributed by atoms with van der Waals surface area (Å²) in [4.78, 5) is 155. The summed E-state index contributed by atoms with van der Waals surface area (Å²) in [5, 5.41) is 49.8. The molecule has 1 aliphatic carbocycles. The van der Waals surface area contributed by atoms with E-state index in [2.05, 4.69) is 41.9 Å². The van der Waals surface area contributed by atoms with Gasteiger partial charge in [-0.25, -0.2) is 4.79 Å². The lowest BCUT2D eigenvalue weighted by Gasteiger charge is -2.41. The van der Waals surface area contributed by atoms with Crippen LogP contribution >= 0.6 is 11.3 Å². The van der Waals surface area contributed by atoms with Crippen LogP contribution < -0.4 is 66.3 Å². The first-order valence-electron chi connectivity index (χ1n) is 31.6. The van der Waals surface area contributed by atoms with E-state index in [0.29, 0.717) is 37.1 Å².